The number of ether oxygens (including phenoxy) is 1. The third-order valence-corrected chi connectivity index (χ3v) is 5.93. The van der Waals surface area contributed by atoms with Gasteiger partial charge in [-0.3, -0.25) is 24.6 Å². The molecule has 0 bridgehead atoms. The summed E-state index contributed by atoms with van der Waals surface area (Å²) in [6.45, 7) is 5.68. The minimum absolute atomic E-state index is 0.126. The van der Waals surface area contributed by atoms with Crippen LogP contribution in [-0.4, -0.2) is 41.2 Å². The molecule has 9 heteroatoms. The summed E-state index contributed by atoms with van der Waals surface area (Å²) in [4.78, 5) is 39.5. The van der Waals surface area contributed by atoms with Crippen molar-refractivity contribution in [3.8, 4) is 5.75 Å². The van der Waals surface area contributed by atoms with E-state index in [2.05, 4.69) is 18.7 Å². The summed E-state index contributed by atoms with van der Waals surface area (Å²) < 4.78 is 5.50. The molecule has 0 aliphatic carbocycles. The van der Waals surface area contributed by atoms with E-state index < -0.39 is 16.1 Å². The van der Waals surface area contributed by atoms with Gasteiger partial charge in [-0.2, -0.15) is 0 Å². The SMILES string of the molecule is CCN(CC)c1ccc(/C=C2\SC(=O)N(Cc3ccccc3[N+](=O)[O-])C2=O)c(OC)c1. The molecule has 2 aromatic rings. The standard InChI is InChI=1S/C22H23N3O5S/c1-4-23(5-2)17-11-10-15(19(13-17)30-3)12-20-21(26)24(22(27)31-20)14-16-8-6-7-9-18(16)25(28)29/h6-13H,4-5,14H2,1-3H3/b20-12-. The molecule has 1 heterocycles. The molecule has 2 amide bonds. The van der Waals surface area contributed by atoms with Gasteiger partial charge in [0.1, 0.15) is 5.75 Å². The first-order chi connectivity index (χ1) is 14.9. The van der Waals surface area contributed by atoms with Crippen LogP contribution in [0.15, 0.2) is 47.4 Å². The number of hydrogen-bond donors (Lipinski definition) is 0. The predicted octanol–water partition coefficient (Wildman–Crippen LogP) is 4.69. The highest BCUT2D eigenvalue weighted by molar-refractivity contribution is 8.18. The Morgan fingerprint density at radius 1 is 1.16 bits per heavy atom. The molecule has 0 spiro atoms. The minimum atomic E-state index is -0.521. The number of imide groups is 1. The second-order valence-electron chi connectivity index (χ2n) is 6.75. The summed E-state index contributed by atoms with van der Waals surface area (Å²) in [5, 5.41) is 10.8. The third kappa shape index (κ3) is 4.72. The number of benzene rings is 2. The van der Waals surface area contributed by atoms with Crippen LogP contribution < -0.4 is 9.64 Å². The zero-order valence-electron chi connectivity index (χ0n) is 17.5. The lowest BCUT2D eigenvalue weighted by molar-refractivity contribution is -0.385. The van der Waals surface area contributed by atoms with Gasteiger partial charge >= 0.3 is 0 Å². The van der Waals surface area contributed by atoms with Crippen molar-refractivity contribution in [2.75, 3.05) is 25.1 Å². The second kappa shape index (κ2) is 9.65. The molecule has 8 nitrogen and oxygen atoms in total. The molecule has 1 aliphatic rings. The van der Waals surface area contributed by atoms with Gasteiger partial charge in [0.15, 0.2) is 0 Å². The summed E-state index contributed by atoms with van der Waals surface area (Å²) in [5.41, 5.74) is 1.86. The minimum Gasteiger partial charge on any atom is -0.496 e. The van der Waals surface area contributed by atoms with Gasteiger partial charge in [-0.15, -0.1) is 0 Å². The number of nitro groups is 1. The highest BCUT2D eigenvalue weighted by Crippen LogP contribution is 2.36. The maximum absolute atomic E-state index is 12.9. The van der Waals surface area contributed by atoms with E-state index in [1.807, 2.05) is 18.2 Å². The van der Waals surface area contributed by atoms with Crippen LogP contribution in [-0.2, 0) is 11.3 Å². The number of nitrogens with zero attached hydrogens (tertiary/aromatic N) is 3. The van der Waals surface area contributed by atoms with Crippen molar-refractivity contribution in [2.45, 2.75) is 20.4 Å². The molecule has 0 radical (unpaired) electrons. The molecule has 0 atom stereocenters. The normalized spacial score (nSPS) is 14.9. The smallest absolute Gasteiger partial charge is 0.293 e. The monoisotopic (exact) mass is 441 g/mol. The van der Waals surface area contributed by atoms with Gasteiger partial charge in [-0.1, -0.05) is 18.2 Å². The van der Waals surface area contributed by atoms with E-state index in [9.17, 15) is 19.7 Å². The Bertz CT molecular complexity index is 1050. The summed E-state index contributed by atoms with van der Waals surface area (Å²) in [6.07, 6.45) is 1.62. The predicted molar refractivity (Wildman–Crippen MR) is 121 cm³/mol. The Morgan fingerprint density at radius 3 is 2.52 bits per heavy atom. The summed E-state index contributed by atoms with van der Waals surface area (Å²) >= 11 is 0.812. The first-order valence-electron chi connectivity index (χ1n) is 9.80. The molecule has 1 saturated heterocycles. The fraction of sp³-hybridized carbons (Fsp3) is 0.273. The van der Waals surface area contributed by atoms with E-state index in [0.717, 1.165) is 35.4 Å². The Morgan fingerprint density at radius 2 is 1.87 bits per heavy atom. The van der Waals surface area contributed by atoms with Crippen LogP contribution in [0.25, 0.3) is 6.08 Å². The number of amides is 2. The van der Waals surface area contributed by atoms with Gasteiger partial charge < -0.3 is 9.64 Å². The average Bonchev–Trinajstić information content (AvgIpc) is 3.03. The lowest BCUT2D eigenvalue weighted by Crippen LogP contribution is -2.27. The van der Waals surface area contributed by atoms with Crippen LogP contribution in [0.4, 0.5) is 16.2 Å². The maximum Gasteiger partial charge on any atom is 0.293 e. The number of thioether (sulfide) groups is 1. The van der Waals surface area contributed by atoms with Gasteiger partial charge in [-0.05, 0) is 43.8 Å². The van der Waals surface area contributed by atoms with Crippen molar-refractivity contribution in [3.63, 3.8) is 0 Å². The van der Waals surface area contributed by atoms with Crippen LogP contribution in [0.3, 0.4) is 0 Å². The van der Waals surface area contributed by atoms with Gasteiger partial charge in [0, 0.05) is 42.0 Å². The Labute approximate surface area is 184 Å². The van der Waals surface area contributed by atoms with Crippen molar-refractivity contribution < 1.29 is 19.2 Å². The molecule has 31 heavy (non-hydrogen) atoms. The van der Waals surface area contributed by atoms with E-state index in [0.29, 0.717) is 16.9 Å². The average molecular weight is 442 g/mol. The number of para-hydroxylation sites is 1. The zero-order valence-corrected chi connectivity index (χ0v) is 18.3. The fourth-order valence-electron chi connectivity index (χ4n) is 3.38. The number of nitro benzene ring substituents is 1. The van der Waals surface area contributed by atoms with Crippen molar-refractivity contribution in [3.05, 3.63) is 68.6 Å². The summed E-state index contributed by atoms with van der Waals surface area (Å²) in [6, 6.07) is 11.8. The number of rotatable bonds is 8. The molecule has 0 N–H and O–H groups in total. The van der Waals surface area contributed by atoms with Gasteiger partial charge in [0.25, 0.3) is 16.8 Å². The van der Waals surface area contributed by atoms with Crippen LogP contribution in [0.1, 0.15) is 25.0 Å². The first kappa shape index (κ1) is 22.4. The summed E-state index contributed by atoms with van der Waals surface area (Å²) in [5.74, 6) is 0.109. The number of methoxy groups -OCH3 is 1. The largest absolute Gasteiger partial charge is 0.496 e. The third-order valence-electron chi connectivity index (χ3n) is 5.02. The number of hydrogen-bond acceptors (Lipinski definition) is 7. The van der Waals surface area contributed by atoms with E-state index >= 15 is 0 Å². The number of carbonyl (C=O) groups excluding carboxylic acids is 2. The molecule has 3 rings (SSSR count). The molecular weight excluding hydrogens is 418 g/mol. The van der Waals surface area contributed by atoms with Crippen LogP contribution in [0, 0.1) is 10.1 Å². The van der Waals surface area contributed by atoms with Crippen molar-refractivity contribution in [1.82, 2.24) is 4.90 Å². The second-order valence-corrected chi connectivity index (χ2v) is 7.75. The van der Waals surface area contributed by atoms with E-state index in [1.165, 1.54) is 6.07 Å². The highest BCUT2D eigenvalue weighted by Gasteiger charge is 2.36. The molecule has 1 fully saturated rings. The van der Waals surface area contributed by atoms with Gasteiger partial charge in [-0.25, -0.2) is 0 Å². The van der Waals surface area contributed by atoms with Crippen LogP contribution in [0.2, 0.25) is 0 Å². The van der Waals surface area contributed by atoms with Gasteiger partial charge in [0.2, 0.25) is 0 Å². The van der Waals surface area contributed by atoms with Crippen LogP contribution in [0.5, 0.6) is 5.75 Å². The summed E-state index contributed by atoms with van der Waals surface area (Å²) in [7, 11) is 1.55. The van der Waals surface area contributed by atoms with E-state index in [-0.39, 0.29) is 17.1 Å². The Hall–Kier alpha value is -3.33. The number of carbonyl (C=O) groups is 2. The Kier molecular flexibility index (Phi) is 6.96. The molecule has 0 saturated carbocycles. The highest BCUT2D eigenvalue weighted by atomic mass is 32.2. The molecule has 1 aliphatic heterocycles. The fourth-order valence-corrected chi connectivity index (χ4v) is 4.20. The molecule has 2 aromatic carbocycles. The van der Waals surface area contributed by atoms with Gasteiger partial charge in [0.05, 0.1) is 23.5 Å². The molecule has 162 valence electrons. The quantitative estimate of drug-likeness (QED) is 0.333. The lowest BCUT2D eigenvalue weighted by Gasteiger charge is -2.22. The Balaban J connectivity index is 1.88. The zero-order chi connectivity index (χ0) is 22.5. The van der Waals surface area contributed by atoms with Crippen molar-refractivity contribution in [2.24, 2.45) is 0 Å². The van der Waals surface area contributed by atoms with E-state index in [4.69, 9.17) is 4.74 Å². The molecular formula is C22H23N3O5S. The van der Waals surface area contributed by atoms with Crippen molar-refractivity contribution in [1.29, 1.82) is 0 Å². The van der Waals surface area contributed by atoms with E-state index in [1.54, 1.807) is 31.4 Å². The molecule has 0 unspecified atom stereocenters. The molecule has 0 aromatic heterocycles. The topological polar surface area (TPSA) is 93.0 Å². The van der Waals surface area contributed by atoms with Crippen LogP contribution >= 0.6 is 11.8 Å². The van der Waals surface area contributed by atoms with Crippen molar-refractivity contribution >= 4 is 40.4 Å². The lowest BCUT2D eigenvalue weighted by atomic mass is 10.1. The first-order valence-corrected chi connectivity index (χ1v) is 10.6. The number of anilines is 1. The maximum atomic E-state index is 12.9.